The van der Waals surface area contributed by atoms with Crippen LogP contribution in [-0.4, -0.2) is 0 Å². The van der Waals surface area contributed by atoms with E-state index < -0.39 is 0 Å². The minimum absolute atomic E-state index is 0.766. The Labute approximate surface area is 42.8 Å². The maximum absolute atomic E-state index is 5.33. The molecule has 0 aromatic heterocycles. The van der Waals surface area contributed by atoms with E-state index in [-0.39, 0.29) is 0 Å². The monoisotopic (exact) mass is 92.1 g/mol. The Kier molecular flexibility index (Phi) is 0.984. The Morgan fingerprint density at radius 1 is 1.57 bits per heavy atom. The molecule has 35 valence electrons. The van der Waals surface area contributed by atoms with Crippen molar-refractivity contribution >= 4 is 5.69 Å². The summed E-state index contributed by atoms with van der Waals surface area (Å²) < 4.78 is 0. The van der Waals surface area contributed by atoms with Crippen molar-refractivity contribution in [2.75, 3.05) is 5.73 Å². The lowest BCUT2D eigenvalue weighted by Gasteiger charge is -1.83. The highest BCUT2D eigenvalue weighted by Gasteiger charge is 1.72. The number of anilines is 1. The van der Waals surface area contributed by atoms with Gasteiger partial charge in [0.2, 0.25) is 0 Å². The van der Waals surface area contributed by atoms with Gasteiger partial charge in [0.05, 0.1) is 0 Å². The fourth-order valence-corrected chi connectivity index (χ4v) is 0.407. The first-order chi connectivity index (χ1) is 3.39. The van der Waals surface area contributed by atoms with E-state index in [1.54, 1.807) is 6.07 Å². The van der Waals surface area contributed by atoms with Crippen LogP contribution in [0.4, 0.5) is 5.69 Å². The molecule has 7 heavy (non-hydrogen) atoms. The van der Waals surface area contributed by atoms with Crippen LogP contribution in [0.1, 0.15) is 0 Å². The van der Waals surface area contributed by atoms with Gasteiger partial charge in [-0.2, -0.15) is 0 Å². The summed E-state index contributed by atoms with van der Waals surface area (Å²) in [6.07, 6.45) is 0. The van der Waals surface area contributed by atoms with E-state index in [2.05, 4.69) is 6.07 Å². The van der Waals surface area contributed by atoms with Crippen LogP contribution < -0.4 is 5.73 Å². The van der Waals surface area contributed by atoms with Crippen molar-refractivity contribution in [3.8, 4) is 0 Å². The molecule has 0 unspecified atom stereocenters. The third kappa shape index (κ3) is 0.929. The number of nitrogens with two attached hydrogens (primary N) is 1. The van der Waals surface area contributed by atoms with E-state index in [9.17, 15) is 0 Å². The average Bonchev–Trinajstić information content (AvgIpc) is 1.69. The molecule has 0 atom stereocenters. The van der Waals surface area contributed by atoms with Gasteiger partial charge in [0, 0.05) is 5.69 Å². The Balaban J connectivity index is 3.02. The quantitative estimate of drug-likeness (QED) is 0.476. The molecule has 0 amide bonds. The maximum Gasteiger partial charge on any atom is 0.0320 e. The van der Waals surface area contributed by atoms with Crippen LogP contribution >= 0.6 is 0 Å². The summed E-state index contributed by atoms with van der Waals surface area (Å²) in [6, 6.07) is 10.1. The van der Waals surface area contributed by atoms with Gasteiger partial charge in [-0.3, -0.25) is 0 Å². The topological polar surface area (TPSA) is 26.0 Å². The molecule has 0 aliphatic carbocycles. The molecule has 0 saturated heterocycles. The van der Waals surface area contributed by atoms with Gasteiger partial charge in [0.25, 0.3) is 0 Å². The summed E-state index contributed by atoms with van der Waals surface area (Å²) in [5, 5.41) is 0. The van der Waals surface area contributed by atoms with E-state index in [0.717, 1.165) is 5.69 Å². The molecule has 0 bridgehead atoms. The Hall–Kier alpha value is -0.980. The third-order valence-electron chi connectivity index (χ3n) is 0.731. The molecule has 0 heterocycles. The molecule has 1 aromatic carbocycles. The fourth-order valence-electron chi connectivity index (χ4n) is 0.407. The first-order valence-electron chi connectivity index (χ1n) is 2.11. The molecular formula is C6H6N. The molecule has 0 aliphatic heterocycles. The third-order valence-corrected chi connectivity index (χ3v) is 0.731. The van der Waals surface area contributed by atoms with E-state index in [4.69, 9.17) is 5.73 Å². The molecule has 0 aliphatic rings. The zero-order valence-corrected chi connectivity index (χ0v) is 3.89. The number of benzene rings is 1. The van der Waals surface area contributed by atoms with Gasteiger partial charge >= 0.3 is 0 Å². The van der Waals surface area contributed by atoms with Crippen LogP contribution in [0.3, 0.4) is 0 Å². The summed E-state index contributed by atoms with van der Waals surface area (Å²) in [6.45, 7) is 0. The van der Waals surface area contributed by atoms with E-state index >= 15 is 0 Å². The van der Waals surface area contributed by atoms with Gasteiger partial charge in [-0.1, -0.05) is 12.1 Å². The summed E-state index contributed by atoms with van der Waals surface area (Å²) in [5.41, 5.74) is 6.09. The molecule has 0 fully saturated rings. The highest BCUT2D eigenvalue weighted by Crippen LogP contribution is 1.95. The first-order valence-corrected chi connectivity index (χ1v) is 2.11. The summed E-state index contributed by atoms with van der Waals surface area (Å²) >= 11 is 0. The second kappa shape index (κ2) is 1.65. The van der Waals surface area contributed by atoms with Gasteiger partial charge in [-0.05, 0) is 18.2 Å². The summed E-state index contributed by atoms with van der Waals surface area (Å²) in [7, 11) is 0. The Morgan fingerprint density at radius 2 is 2.43 bits per heavy atom. The summed E-state index contributed by atoms with van der Waals surface area (Å²) in [4.78, 5) is 0. The molecular weight excluding hydrogens is 86.1 g/mol. The van der Waals surface area contributed by atoms with Crippen molar-refractivity contribution in [3.63, 3.8) is 0 Å². The molecule has 0 saturated carbocycles. The van der Waals surface area contributed by atoms with E-state index in [1.807, 2.05) is 18.2 Å². The van der Waals surface area contributed by atoms with Gasteiger partial charge < -0.3 is 5.73 Å². The highest BCUT2D eigenvalue weighted by molar-refractivity contribution is 5.35. The Bertz CT molecular complexity index is 134. The van der Waals surface area contributed by atoms with Crippen LogP contribution in [0.25, 0.3) is 0 Å². The minimum atomic E-state index is 0.766. The SMILES string of the molecule is Nc1c[c]ccc1. The second-order valence-electron chi connectivity index (χ2n) is 1.34. The number of nitrogen functional groups attached to an aromatic ring is 1. The Morgan fingerprint density at radius 3 is 2.71 bits per heavy atom. The van der Waals surface area contributed by atoms with Crippen LogP contribution in [0, 0.1) is 6.07 Å². The number of rotatable bonds is 0. The molecule has 1 rings (SSSR count). The maximum atomic E-state index is 5.33. The van der Waals surface area contributed by atoms with Crippen molar-refractivity contribution in [2.45, 2.75) is 0 Å². The van der Waals surface area contributed by atoms with Crippen molar-refractivity contribution in [1.82, 2.24) is 0 Å². The minimum Gasteiger partial charge on any atom is -0.399 e. The first kappa shape index (κ1) is 4.19. The van der Waals surface area contributed by atoms with Gasteiger partial charge in [-0.25, -0.2) is 0 Å². The normalized spacial score (nSPS) is 8.57. The predicted molar refractivity (Wildman–Crippen MR) is 29.7 cm³/mol. The molecule has 1 nitrogen and oxygen atoms in total. The molecule has 0 spiro atoms. The van der Waals surface area contributed by atoms with Crippen LogP contribution in [0.2, 0.25) is 0 Å². The van der Waals surface area contributed by atoms with Gasteiger partial charge in [-0.15, -0.1) is 0 Å². The van der Waals surface area contributed by atoms with Crippen molar-refractivity contribution in [3.05, 3.63) is 30.3 Å². The second-order valence-corrected chi connectivity index (χ2v) is 1.34. The van der Waals surface area contributed by atoms with Crippen molar-refractivity contribution in [1.29, 1.82) is 0 Å². The number of hydrogen-bond acceptors (Lipinski definition) is 1. The fraction of sp³-hybridized carbons (Fsp3) is 0. The highest BCUT2D eigenvalue weighted by atomic mass is 14.5. The standard InChI is InChI=1S/C6H6N/c7-6-4-2-1-3-5-6/h1-2,4-5H,7H2. The van der Waals surface area contributed by atoms with Crippen LogP contribution in [-0.2, 0) is 0 Å². The van der Waals surface area contributed by atoms with Crippen LogP contribution in [0.5, 0.6) is 0 Å². The van der Waals surface area contributed by atoms with Crippen molar-refractivity contribution < 1.29 is 0 Å². The predicted octanol–water partition coefficient (Wildman–Crippen LogP) is 1.07. The lowest BCUT2D eigenvalue weighted by molar-refractivity contribution is 1.67. The van der Waals surface area contributed by atoms with E-state index in [1.165, 1.54) is 0 Å². The van der Waals surface area contributed by atoms with E-state index in [0.29, 0.717) is 0 Å². The molecule has 2 N–H and O–H groups in total. The molecule has 1 heteroatoms. The van der Waals surface area contributed by atoms with Gasteiger partial charge in [0.1, 0.15) is 0 Å². The zero-order chi connectivity index (χ0) is 5.11. The van der Waals surface area contributed by atoms with Gasteiger partial charge in [0.15, 0.2) is 0 Å². The smallest absolute Gasteiger partial charge is 0.0320 e. The number of hydrogen-bond donors (Lipinski definition) is 1. The lowest BCUT2D eigenvalue weighted by Crippen LogP contribution is -1.79. The molecule has 1 radical (unpaired) electrons. The van der Waals surface area contributed by atoms with Crippen LogP contribution in [0.15, 0.2) is 24.3 Å². The summed E-state index contributed by atoms with van der Waals surface area (Å²) in [5.74, 6) is 0. The van der Waals surface area contributed by atoms with Crippen molar-refractivity contribution in [2.24, 2.45) is 0 Å². The largest absolute Gasteiger partial charge is 0.399 e. The molecule has 1 aromatic rings. The average molecular weight is 92.1 g/mol. The zero-order valence-electron chi connectivity index (χ0n) is 3.89. The lowest BCUT2D eigenvalue weighted by atomic mass is 10.3.